The third-order valence-corrected chi connectivity index (χ3v) is 5.10. The molecular formula is C23H23N7O. The molecule has 1 aliphatic heterocycles. The quantitative estimate of drug-likeness (QED) is 0.424. The van der Waals surface area contributed by atoms with E-state index >= 15 is 0 Å². The normalized spacial score (nSPS) is 13.5. The lowest BCUT2D eigenvalue weighted by atomic mass is 10.2. The molecule has 0 amide bonds. The van der Waals surface area contributed by atoms with Gasteiger partial charge in [0.1, 0.15) is 5.52 Å². The molecule has 0 bridgehead atoms. The maximum absolute atomic E-state index is 5.85. The molecular weight excluding hydrogens is 390 g/mol. The van der Waals surface area contributed by atoms with E-state index in [9.17, 15) is 0 Å². The number of fused-ring (bicyclic) bond motifs is 1. The Morgan fingerprint density at radius 1 is 0.935 bits per heavy atom. The second-order valence-corrected chi connectivity index (χ2v) is 7.34. The lowest BCUT2D eigenvalue weighted by Gasteiger charge is -2.17. The highest BCUT2D eigenvalue weighted by atomic mass is 16.3. The molecule has 5 rings (SSSR count). The van der Waals surface area contributed by atoms with E-state index in [1.165, 1.54) is 0 Å². The van der Waals surface area contributed by atoms with Gasteiger partial charge in [0.25, 0.3) is 0 Å². The molecule has 8 nitrogen and oxygen atoms in total. The number of nitrogens with zero attached hydrogens (tertiary/aromatic N) is 5. The smallest absolute Gasteiger partial charge is 0.233 e. The van der Waals surface area contributed by atoms with E-state index < -0.39 is 0 Å². The van der Waals surface area contributed by atoms with Crippen molar-refractivity contribution in [2.75, 3.05) is 35.2 Å². The summed E-state index contributed by atoms with van der Waals surface area (Å²) < 4.78 is 5.85. The first-order valence-corrected chi connectivity index (χ1v) is 10.4. The molecule has 0 spiro atoms. The molecule has 1 fully saturated rings. The van der Waals surface area contributed by atoms with E-state index in [0.717, 1.165) is 48.3 Å². The number of hydrogen-bond acceptors (Lipinski definition) is 8. The van der Waals surface area contributed by atoms with Crippen molar-refractivity contribution >= 4 is 34.6 Å². The first-order chi connectivity index (χ1) is 15.3. The van der Waals surface area contributed by atoms with Gasteiger partial charge in [-0.05, 0) is 49.2 Å². The average Bonchev–Trinajstić information content (AvgIpc) is 3.48. The van der Waals surface area contributed by atoms with Crippen molar-refractivity contribution in [3.8, 4) is 11.5 Å². The summed E-state index contributed by atoms with van der Waals surface area (Å²) in [5.41, 5.74) is 3.40. The van der Waals surface area contributed by atoms with Crippen molar-refractivity contribution in [3.63, 3.8) is 0 Å². The highest BCUT2D eigenvalue weighted by Crippen LogP contribution is 2.26. The van der Waals surface area contributed by atoms with Crippen LogP contribution in [0.1, 0.15) is 12.8 Å². The van der Waals surface area contributed by atoms with Crippen LogP contribution in [0.3, 0.4) is 0 Å². The lowest BCUT2D eigenvalue weighted by molar-refractivity contribution is 0.620. The van der Waals surface area contributed by atoms with E-state index in [2.05, 4.69) is 42.0 Å². The third-order valence-electron chi connectivity index (χ3n) is 5.10. The minimum absolute atomic E-state index is 0.498. The minimum atomic E-state index is 0.498. The average molecular weight is 413 g/mol. The maximum Gasteiger partial charge on any atom is 0.233 e. The number of anilines is 4. The van der Waals surface area contributed by atoms with E-state index in [1.807, 2.05) is 48.5 Å². The molecule has 0 atom stereocenters. The Bertz CT molecular complexity index is 1160. The Labute approximate surface area is 180 Å². The number of hydrogen-bond donors (Lipinski definition) is 2. The van der Waals surface area contributed by atoms with Crippen LogP contribution in [0.25, 0.3) is 22.6 Å². The maximum atomic E-state index is 5.85. The van der Waals surface area contributed by atoms with Crippen molar-refractivity contribution in [1.82, 2.24) is 19.9 Å². The van der Waals surface area contributed by atoms with Gasteiger partial charge in [-0.1, -0.05) is 18.2 Å². The summed E-state index contributed by atoms with van der Waals surface area (Å²) >= 11 is 0. The molecule has 2 aromatic heterocycles. The van der Waals surface area contributed by atoms with Gasteiger partial charge in [0.2, 0.25) is 23.7 Å². The van der Waals surface area contributed by atoms with Gasteiger partial charge in [0.15, 0.2) is 5.58 Å². The van der Waals surface area contributed by atoms with Crippen LogP contribution in [-0.2, 0) is 0 Å². The Kier molecular flexibility index (Phi) is 5.18. The predicted molar refractivity (Wildman–Crippen MR) is 123 cm³/mol. The highest BCUT2D eigenvalue weighted by Gasteiger charge is 2.17. The van der Waals surface area contributed by atoms with Crippen LogP contribution in [0.5, 0.6) is 0 Å². The summed E-state index contributed by atoms with van der Waals surface area (Å²) in [6.45, 7) is 6.25. The van der Waals surface area contributed by atoms with E-state index in [1.54, 1.807) is 6.08 Å². The predicted octanol–water partition coefficient (Wildman–Crippen LogP) is 4.62. The molecule has 0 unspecified atom stereocenters. The molecule has 4 aromatic rings. The fourth-order valence-electron chi connectivity index (χ4n) is 3.54. The molecule has 0 radical (unpaired) electrons. The molecule has 2 aromatic carbocycles. The van der Waals surface area contributed by atoms with Gasteiger partial charge < -0.3 is 20.0 Å². The summed E-state index contributed by atoms with van der Waals surface area (Å²) in [5.74, 6) is 2.31. The Morgan fingerprint density at radius 3 is 2.48 bits per heavy atom. The molecule has 1 saturated heterocycles. The van der Waals surface area contributed by atoms with Gasteiger partial charge in [0.05, 0.1) is 0 Å². The van der Waals surface area contributed by atoms with E-state index in [4.69, 9.17) is 4.42 Å². The summed E-state index contributed by atoms with van der Waals surface area (Å²) in [5, 5.41) is 6.44. The monoisotopic (exact) mass is 413 g/mol. The number of aromatic nitrogens is 4. The second kappa shape index (κ2) is 8.43. The van der Waals surface area contributed by atoms with Crippen molar-refractivity contribution in [3.05, 3.63) is 61.2 Å². The van der Waals surface area contributed by atoms with Crippen molar-refractivity contribution < 1.29 is 4.42 Å². The number of benzene rings is 2. The van der Waals surface area contributed by atoms with Crippen LogP contribution in [0.2, 0.25) is 0 Å². The van der Waals surface area contributed by atoms with Crippen molar-refractivity contribution in [1.29, 1.82) is 0 Å². The first-order valence-electron chi connectivity index (χ1n) is 10.4. The van der Waals surface area contributed by atoms with Crippen molar-refractivity contribution in [2.24, 2.45) is 0 Å². The number of nitrogens with one attached hydrogen (secondary N) is 2. The summed E-state index contributed by atoms with van der Waals surface area (Å²) in [7, 11) is 0. The number of para-hydroxylation sites is 2. The standard InChI is InChI=1S/C23H23N7O/c1-2-13-24-21-27-22(29-23(28-21)30-14-5-6-15-30)25-17-11-9-16(10-12-17)20-26-18-7-3-4-8-19(18)31-20/h2-4,7-12H,1,5-6,13-15H2,(H2,24,25,27,28,29). The van der Waals surface area contributed by atoms with Crippen molar-refractivity contribution in [2.45, 2.75) is 12.8 Å². The molecule has 1 aliphatic rings. The Balaban J connectivity index is 1.38. The third kappa shape index (κ3) is 4.18. The minimum Gasteiger partial charge on any atom is -0.436 e. The molecule has 8 heteroatoms. The van der Waals surface area contributed by atoms with Gasteiger partial charge in [-0.3, -0.25) is 0 Å². The molecule has 31 heavy (non-hydrogen) atoms. The summed E-state index contributed by atoms with van der Waals surface area (Å²) in [6, 6.07) is 15.6. The molecule has 0 saturated carbocycles. The molecule has 156 valence electrons. The lowest BCUT2D eigenvalue weighted by Crippen LogP contribution is -2.22. The van der Waals surface area contributed by atoms with E-state index in [0.29, 0.717) is 30.3 Å². The first kappa shape index (κ1) is 19.0. The zero-order valence-electron chi connectivity index (χ0n) is 17.1. The summed E-state index contributed by atoms with van der Waals surface area (Å²) in [4.78, 5) is 20.4. The van der Waals surface area contributed by atoms with Crippen LogP contribution in [0, 0.1) is 0 Å². The summed E-state index contributed by atoms with van der Waals surface area (Å²) in [6.07, 6.45) is 4.08. The van der Waals surface area contributed by atoms with Crippen LogP contribution in [0.15, 0.2) is 65.6 Å². The van der Waals surface area contributed by atoms with Gasteiger partial charge in [0, 0.05) is 30.9 Å². The number of oxazole rings is 1. The van der Waals surface area contributed by atoms with Gasteiger partial charge in [-0.15, -0.1) is 6.58 Å². The van der Waals surface area contributed by atoms with Crippen LogP contribution in [-0.4, -0.2) is 39.6 Å². The van der Waals surface area contributed by atoms with Gasteiger partial charge in [-0.25, -0.2) is 4.98 Å². The number of rotatable bonds is 7. The molecule has 0 aliphatic carbocycles. The second-order valence-electron chi connectivity index (χ2n) is 7.34. The molecule has 3 heterocycles. The fraction of sp³-hybridized carbons (Fsp3) is 0.217. The highest BCUT2D eigenvalue weighted by molar-refractivity contribution is 5.76. The Hall–Kier alpha value is -3.94. The largest absolute Gasteiger partial charge is 0.436 e. The van der Waals surface area contributed by atoms with Gasteiger partial charge >= 0.3 is 0 Å². The van der Waals surface area contributed by atoms with Crippen LogP contribution in [0.4, 0.5) is 23.5 Å². The SMILES string of the molecule is C=CCNc1nc(Nc2ccc(-c3nc4ccccc4o3)cc2)nc(N2CCCC2)n1. The zero-order valence-corrected chi connectivity index (χ0v) is 17.1. The fourth-order valence-corrected chi connectivity index (χ4v) is 3.54. The van der Waals surface area contributed by atoms with Crippen LogP contribution < -0.4 is 15.5 Å². The zero-order chi connectivity index (χ0) is 21.0. The topological polar surface area (TPSA) is 92.0 Å². The van der Waals surface area contributed by atoms with E-state index in [-0.39, 0.29) is 0 Å². The van der Waals surface area contributed by atoms with Gasteiger partial charge in [-0.2, -0.15) is 15.0 Å². The van der Waals surface area contributed by atoms with Crippen LogP contribution >= 0.6 is 0 Å². The Morgan fingerprint density at radius 2 is 1.71 bits per heavy atom. The molecule has 2 N–H and O–H groups in total.